The summed E-state index contributed by atoms with van der Waals surface area (Å²) in [4.78, 5) is 15.2. The lowest BCUT2D eigenvalue weighted by Gasteiger charge is -2.16. The summed E-state index contributed by atoms with van der Waals surface area (Å²) in [6.07, 6.45) is 3.05. The monoisotopic (exact) mass is 350 g/mol. The summed E-state index contributed by atoms with van der Waals surface area (Å²) in [5.41, 5.74) is 1.38. The Morgan fingerprint density at radius 1 is 1.29 bits per heavy atom. The van der Waals surface area contributed by atoms with Gasteiger partial charge in [0.05, 0.1) is 7.11 Å². The molecular formula is C16H18N2O5S. The van der Waals surface area contributed by atoms with Gasteiger partial charge in [0.2, 0.25) is 10.0 Å². The van der Waals surface area contributed by atoms with Gasteiger partial charge in [-0.15, -0.1) is 0 Å². The van der Waals surface area contributed by atoms with Gasteiger partial charge in [0.1, 0.15) is 16.7 Å². The van der Waals surface area contributed by atoms with Crippen LogP contribution in [-0.2, 0) is 21.2 Å². The zero-order valence-electron chi connectivity index (χ0n) is 13.3. The molecule has 0 aliphatic carbocycles. The van der Waals surface area contributed by atoms with E-state index in [4.69, 9.17) is 4.74 Å². The molecule has 0 radical (unpaired) electrons. The fraction of sp³-hybridized carbons (Fsp3) is 0.250. The average Bonchev–Trinajstić information content (AvgIpc) is 2.55. The summed E-state index contributed by atoms with van der Waals surface area (Å²) >= 11 is 0. The van der Waals surface area contributed by atoms with Gasteiger partial charge in [-0.3, -0.25) is 9.78 Å². The Morgan fingerprint density at radius 3 is 2.54 bits per heavy atom. The van der Waals surface area contributed by atoms with Crippen LogP contribution in [0.15, 0.2) is 47.6 Å². The van der Waals surface area contributed by atoms with Crippen LogP contribution in [-0.4, -0.2) is 37.6 Å². The summed E-state index contributed by atoms with van der Waals surface area (Å²) in [5.74, 6) is -1.11. The van der Waals surface area contributed by atoms with Gasteiger partial charge in [-0.25, -0.2) is 8.42 Å². The Labute approximate surface area is 140 Å². The van der Waals surface area contributed by atoms with Crippen molar-refractivity contribution >= 4 is 16.0 Å². The zero-order chi connectivity index (χ0) is 17.7. The minimum absolute atomic E-state index is 0.00517. The number of nitrogens with one attached hydrogen (secondary N) is 1. The van der Waals surface area contributed by atoms with Gasteiger partial charge >= 0.3 is 5.97 Å². The first-order chi connectivity index (χ1) is 11.3. The van der Waals surface area contributed by atoms with Crippen LogP contribution in [0, 0.1) is 6.92 Å². The van der Waals surface area contributed by atoms with E-state index in [9.17, 15) is 18.3 Å². The molecule has 0 amide bonds. The normalized spacial score (nSPS) is 12.6. The van der Waals surface area contributed by atoms with Crippen molar-refractivity contribution in [2.24, 2.45) is 0 Å². The Hall–Kier alpha value is -2.45. The molecule has 128 valence electrons. The number of benzene rings is 1. The predicted octanol–water partition coefficient (Wildman–Crippen LogP) is 1.37. The number of methoxy groups -OCH3 is 1. The Balaban J connectivity index is 2.31. The van der Waals surface area contributed by atoms with Crippen LogP contribution in [0.4, 0.5) is 0 Å². The molecule has 0 aliphatic rings. The molecule has 1 aromatic heterocycles. The summed E-state index contributed by atoms with van der Waals surface area (Å²) in [7, 11) is -2.70. The Morgan fingerprint density at radius 2 is 1.96 bits per heavy atom. The third kappa shape index (κ3) is 4.30. The number of hydrogen-bond acceptors (Lipinski definition) is 5. The van der Waals surface area contributed by atoms with Gasteiger partial charge in [-0.1, -0.05) is 6.07 Å². The first kappa shape index (κ1) is 17.9. The number of aromatic nitrogens is 1. The highest BCUT2D eigenvalue weighted by atomic mass is 32.2. The molecule has 0 bridgehead atoms. The van der Waals surface area contributed by atoms with Crippen molar-refractivity contribution in [2.75, 3.05) is 7.11 Å². The number of aliphatic carboxylic acids is 1. The Bertz CT molecular complexity index is 822. The maximum atomic E-state index is 12.6. The number of ether oxygens (including phenoxy) is 1. The van der Waals surface area contributed by atoms with Crippen molar-refractivity contribution in [1.82, 2.24) is 9.71 Å². The van der Waals surface area contributed by atoms with Crippen LogP contribution >= 0.6 is 0 Å². The predicted molar refractivity (Wildman–Crippen MR) is 87.4 cm³/mol. The van der Waals surface area contributed by atoms with Crippen molar-refractivity contribution in [3.63, 3.8) is 0 Å². The molecule has 2 N–H and O–H groups in total. The van der Waals surface area contributed by atoms with Crippen LogP contribution in [0.1, 0.15) is 11.1 Å². The maximum Gasteiger partial charge on any atom is 0.322 e. The molecule has 0 saturated carbocycles. The molecular weight excluding hydrogens is 332 g/mol. The van der Waals surface area contributed by atoms with E-state index >= 15 is 0 Å². The second-order valence-electron chi connectivity index (χ2n) is 5.23. The molecule has 2 aromatic rings. The van der Waals surface area contributed by atoms with Gasteiger partial charge in [0.15, 0.2) is 0 Å². The molecule has 1 heterocycles. The number of pyridine rings is 1. The van der Waals surface area contributed by atoms with E-state index in [-0.39, 0.29) is 17.1 Å². The molecule has 0 spiro atoms. The molecule has 0 aliphatic heterocycles. The minimum Gasteiger partial charge on any atom is -0.495 e. The second kappa shape index (κ2) is 7.41. The number of rotatable bonds is 7. The van der Waals surface area contributed by atoms with Gasteiger partial charge in [-0.05, 0) is 48.7 Å². The molecule has 0 saturated heterocycles. The third-order valence-corrected chi connectivity index (χ3v) is 4.89. The van der Waals surface area contributed by atoms with Crippen LogP contribution in [0.5, 0.6) is 5.75 Å². The lowest BCUT2D eigenvalue weighted by Crippen LogP contribution is -2.42. The van der Waals surface area contributed by atoms with E-state index in [1.54, 1.807) is 25.1 Å². The topological polar surface area (TPSA) is 106 Å². The van der Waals surface area contributed by atoms with Crippen LogP contribution < -0.4 is 9.46 Å². The molecule has 1 unspecified atom stereocenters. The highest BCUT2D eigenvalue weighted by molar-refractivity contribution is 7.89. The number of nitrogens with zero attached hydrogens (tertiary/aromatic N) is 1. The molecule has 1 atom stereocenters. The molecule has 24 heavy (non-hydrogen) atoms. The van der Waals surface area contributed by atoms with Crippen LogP contribution in [0.2, 0.25) is 0 Å². The summed E-state index contributed by atoms with van der Waals surface area (Å²) in [5, 5.41) is 9.35. The largest absolute Gasteiger partial charge is 0.495 e. The first-order valence-corrected chi connectivity index (χ1v) is 8.60. The van der Waals surface area contributed by atoms with E-state index in [1.807, 2.05) is 0 Å². The van der Waals surface area contributed by atoms with E-state index in [0.717, 1.165) is 5.56 Å². The van der Waals surface area contributed by atoms with E-state index in [0.29, 0.717) is 5.56 Å². The smallest absolute Gasteiger partial charge is 0.322 e. The molecule has 8 heteroatoms. The number of carbonyl (C=O) groups is 1. The lowest BCUT2D eigenvalue weighted by molar-refractivity contribution is -0.138. The second-order valence-corrected chi connectivity index (χ2v) is 6.91. The van der Waals surface area contributed by atoms with E-state index in [2.05, 4.69) is 9.71 Å². The molecule has 1 aromatic carbocycles. The van der Waals surface area contributed by atoms with Gasteiger partial charge in [0.25, 0.3) is 0 Å². The number of carboxylic acid groups (broad SMARTS) is 1. The summed E-state index contributed by atoms with van der Waals surface area (Å²) in [6, 6.07) is 6.65. The van der Waals surface area contributed by atoms with E-state index in [1.165, 1.54) is 31.6 Å². The van der Waals surface area contributed by atoms with Crippen molar-refractivity contribution < 1.29 is 23.1 Å². The lowest BCUT2D eigenvalue weighted by atomic mass is 10.1. The highest BCUT2D eigenvalue weighted by Crippen LogP contribution is 2.25. The number of carboxylic acids is 1. The maximum absolute atomic E-state index is 12.6. The summed E-state index contributed by atoms with van der Waals surface area (Å²) < 4.78 is 32.5. The quantitative estimate of drug-likeness (QED) is 0.781. The van der Waals surface area contributed by atoms with Crippen molar-refractivity contribution in [3.8, 4) is 5.75 Å². The number of aryl methyl sites for hydroxylation is 1. The fourth-order valence-corrected chi connectivity index (χ4v) is 3.62. The van der Waals surface area contributed by atoms with Crippen molar-refractivity contribution in [1.29, 1.82) is 0 Å². The standard InChI is InChI=1S/C16H18N2O5S/c1-11-3-4-14(23-2)15(9-11)24(21,22)18-13(16(19)20)10-12-5-7-17-8-6-12/h3-9,13,18H,10H2,1-2H3,(H,19,20). The first-order valence-electron chi connectivity index (χ1n) is 7.12. The van der Waals surface area contributed by atoms with Gasteiger partial charge in [-0.2, -0.15) is 4.72 Å². The fourth-order valence-electron chi connectivity index (χ4n) is 2.18. The zero-order valence-corrected chi connectivity index (χ0v) is 14.1. The number of sulfonamides is 1. The Kier molecular flexibility index (Phi) is 5.53. The number of hydrogen-bond donors (Lipinski definition) is 2. The van der Waals surface area contributed by atoms with Crippen molar-refractivity contribution in [2.45, 2.75) is 24.3 Å². The SMILES string of the molecule is COc1ccc(C)cc1S(=O)(=O)NC(Cc1ccncc1)C(=O)O. The molecule has 2 rings (SSSR count). The van der Waals surface area contributed by atoms with Crippen LogP contribution in [0.25, 0.3) is 0 Å². The average molecular weight is 350 g/mol. The minimum atomic E-state index is -4.06. The summed E-state index contributed by atoms with van der Waals surface area (Å²) in [6.45, 7) is 1.74. The van der Waals surface area contributed by atoms with Crippen LogP contribution in [0.3, 0.4) is 0 Å². The third-order valence-electron chi connectivity index (χ3n) is 3.39. The molecule has 0 fully saturated rings. The molecule has 7 nitrogen and oxygen atoms in total. The van der Waals surface area contributed by atoms with Crippen molar-refractivity contribution in [3.05, 3.63) is 53.9 Å². The van der Waals surface area contributed by atoms with E-state index < -0.39 is 22.0 Å². The highest BCUT2D eigenvalue weighted by Gasteiger charge is 2.28. The van der Waals surface area contributed by atoms with Gasteiger partial charge < -0.3 is 9.84 Å². The van der Waals surface area contributed by atoms with Gasteiger partial charge in [0, 0.05) is 12.4 Å².